The molecule has 0 aliphatic rings. The number of rotatable bonds is 4. The van der Waals surface area contributed by atoms with Gasteiger partial charge in [-0.25, -0.2) is 0 Å². The summed E-state index contributed by atoms with van der Waals surface area (Å²) in [5, 5.41) is 11.0. The zero-order valence-electron chi connectivity index (χ0n) is 11.1. The van der Waals surface area contributed by atoms with Gasteiger partial charge in [0.2, 0.25) is 0 Å². The summed E-state index contributed by atoms with van der Waals surface area (Å²) in [7, 11) is 1.63. The van der Waals surface area contributed by atoms with E-state index in [2.05, 4.69) is 15.9 Å². The van der Waals surface area contributed by atoms with Gasteiger partial charge >= 0.3 is 0 Å². The van der Waals surface area contributed by atoms with Crippen molar-refractivity contribution in [2.75, 3.05) is 7.11 Å². The maximum Gasteiger partial charge on any atom is 0.118 e. The molecule has 2 rings (SSSR count). The number of benzene rings is 2. The maximum atomic E-state index is 11.0. The predicted molar refractivity (Wildman–Crippen MR) is 80.4 cm³/mol. The Hall–Kier alpha value is -1.32. The van der Waals surface area contributed by atoms with E-state index in [9.17, 15) is 5.11 Å². The number of hydrogen-bond acceptors (Lipinski definition) is 2. The number of aliphatic hydroxyl groups is 1. The van der Waals surface area contributed by atoms with E-state index < -0.39 is 5.60 Å². The summed E-state index contributed by atoms with van der Waals surface area (Å²) in [6.45, 7) is 1.98. The molecule has 0 saturated carbocycles. The second-order valence-electron chi connectivity index (χ2n) is 4.45. The number of hydrogen-bond donors (Lipinski definition) is 1. The molecule has 1 N–H and O–H groups in total. The van der Waals surface area contributed by atoms with E-state index in [4.69, 9.17) is 4.74 Å². The Balaban J connectivity index is 2.46. The molecule has 19 heavy (non-hydrogen) atoms. The number of ether oxygens (including phenoxy) is 1. The molecule has 0 heterocycles. The first kappa shape index (κ1) is 14.1. The molecule has 2 aromatic carbocycles. The normalized spacial score (nSPS) is 13.9. The van der Waals surface area contributed by atoms with Crippen LogP contribution in [0.1, 0.15) is 24.5 Å². The molecule has 0 radical (unpaired) electrons. The Morgan fingerprint density at radius 2 is 1.79 bits per heavy atom. The van der Waals surface area contributed by atoms with Crippen LogP contribution in [0.2, 0.25) is 0 Å². The topological polar surface area (TPSA) is 29.5 Å². The monoisotopic (exact) mass is 320 g/mol. The zero-order valence-corrected chi connectivity index (χ0v) is 12.6. The minimum absolute atomic E-state index is 0.607. The van der Waals surface area contributed by atoms with E-state index in [-0.39, 0.29) is 0 Å². The van der Waals surface area contributed by atoms with Gasteiger partial charge in [-0.2, -0.15) is 0 Å². The van der Waals surface area contributed by atoms with Crippen molar-refractivity contribution in [1.82, 2.24) is 0 Å². The smallest absolute Gasteiger partial charge is 0.118 e. The SMILES string of the molecule is CCC(O)(c1ccc(OC)cc1)c1cccc(Br)c1. The van der Waals surface area contributed by atoms with Gasteiger partial charge in [0.1, 0.15) is 11.4 Å². The molecular formula is C16H17BrO2. The van der Waals surface area contributed by atoms with Crippen molar-refractivity contribution in [2.24, 2.45) is 0 Å². The highest BCUT2D eigenvalue weighted by Gasteiger charge is 2.29. The van der Waals surface area contributed by atoms with Crippen LogP contribution >= 0.6 is 15.9 Å². The predicted octanol–water partition coefficient (Wildman–Crippen LogP) is 4.10. The Bertz CT molecular complexity index is 551. The van der Waals surface area contributed by atoms with Crippen LogP contribution in [0.3, 0.4) is 0 Å². The first-order valence-corrected chi connectivity index (χ1v) is 7.02. The second kappa shape index (κ2) is 5.76. The van der Waals surface area contributed by atoms with Crippen LogP contribution in [0, 0.1) is 0 Å². The molecule has 1 atom stereocenters. The fourth-order valence-electron chi connectivity index (χ4n) is 2.19. The lowest BCUT2D eigenvalue weighted by molar-refractivity contribution is 0.0764. The van der Waals surface area contributed by atoms with Crippen molar-refractivity contribution >= 4 is 15.9 Å². The van der Waals surface area contributed by atoms with Gasteiger partial charge in [0, 0.05) is 4.47 Å². The van der Waals surface area contributed by atoms with Gasteiger partial charge in [0.15, 0.2) is 0 Å². The Morgan fingerprint density at radius 3 is 2.32 bits per heavy atom. The van der Waals surface area contributed by atoms with Gasteiger partial charge in [-0.1, -0.05) is 47.1 Å². The fraction of sp³-hybridized carbons (Fsp3) is 0.250. The second-order valence-corrected chi connectivity index (χ2v) is 5.37. The van der Waals surface area contributed by atoms with Crippen molar-refractivity contribution in [2.45, 2.75) is 18.9 Å². The van der Waals surface area contributed by atoms with Crippen molar-refractivity contribution in [3.05, 3.63) is 64.1 Å². The molecule has 2 nitrogen and oxygen atoms in total. The lowest BCUT2D eigenvalue weighted by atomic mass is 9.84. The van der Waals surface area contributed by atoms with E-state index in [1.807, 2.05) is 55.5 Å². The lowest BCUT2D eigenvalue weighted by Crippen LogP contribution is -2.26. The molecule has 0 bridgehead atoms. The van der Waals surface area contributed by atoms with E-state index in [1.165, 1.54) is 0 Å². The van der Waals surface area contributed by atoms with E-state index in [1.54, 1.807) is 7.11 Å². The first-order chi connectivity index (χ1) is 9.10. The molecule has 0 amide bonds. The summed E-state index contributed by atoms with van der Waals surface area (Å²) < 4.78 is 6.11. The highest BCUT2D eigenvalue weighted by Crippen LogP contribution is 2.34. The molecule has 1 unspecified atom stereocenters. The summed E-state index contributed by atoms with van der Waals surface area (Å²) in [6.07, 6.45) is 0.607. The van der Waals surface area contributed by atoms with Crippen molar-refractivity contribution in [3.63, 3.8) is 0 Å². The first-order valence-electron chi connectivity index (χ1n) is 6.23. The quantitative estimate of drug-likeness (QED) is 0.918. The number of methoxy groups -OCH3 is 1. The molecule has 3 heteroatoms. The van der Waals surface area contributed by atoms with Crippen LogP contribution < -0.4 is 4.74 Å². The molecule has 2 aromatic rings. The zero-order chi connectivity index (χ0) is 13.9. The molecule has 0 fully saturated rings. The van der Waals surface area contributed by atoms with Crippen molar-refractivity contribution in [3.8, 4) is 5.75 Å². The van der Waals surface area contributed by atoms with E-state index in [0.717, 1.165) is 21.3 Å². The van der Waals surface area contributed by atoms with Crippen LogP contribution in [0.15, 0.2) is 53.0 Å². The molecule has 0 spiro atoms. The van der Waals surface area contributed by atoms with Gasteiger partial charge in [0.25, 0.3) is 0 Å². The summed E-state index contributed by atoms with van der Waals surface area (Å²) in [6, 6.07) is 15.3. The standard InChI is InChI=1S/C16H17BrO2/c1-3-16(18,13-5-4-6-14(17)11-13)12-7-9-15(19-2)10-8-12/h4-11,18H,3H2,1-2H3. The summed E-state index contributed by atoms with van der Waals surface area (Å²) >= 11 is 3.45. The van der Waals surface area contributed by atoms with Gasteiger partial charge in [-0.15, -0.1) is 0 Å². The molecule has 0 aliphatic heterocycles. The lowest BCUT2D eigenvalue weighted by Gasteiger charge is -2.28. The Morgan fingerprint density at radius 1 is 1.11 bits per heavy atom. The van der Waals surface area contributed by atoms with E-state index >= 15 is 0 Å². The average molecular weight is 321 g/mol. The highest BCUT2D eigenvalue weighted by atomic mass is 79.9. The Kier molecular flexibility index (Phi) is 4.27. The van der Waals surface area contributed by atoms with Crippen molar-refractivity contribution < 1.29 is 9.84 Å². The van der Waals surface area contributed by atoms with Gasteiger partial charge in [-0.3, -0.25) is 0 Å². The van der Waals surface area contributed by atoms with E-state index in [0.29, 0.717) is 6.42 Å². The highest BCUT2D eigenvalue weighted by molar-refractivity contribution is 9.10. The van der Waals surface area contributed by atoms with Crippen LogP contribution in [-0.2, 0) is 5.60 Å². The molecule has 100 valence electrons. The van der Waals surface area contributed by atoms with Crippen LogP contribution in [-0.4, -0.2) is 12.2 Å². The minimum Gasteiger partial charge on any atom is -0.497 e. The Labute approximate surface area is 122 Å². The maximum absolute atomic E-state index is 11.0. The van der Waals surface area contributed by atoms with Gasteiger partial charge in [-0.05, 0) is 41.8 Å². The molecular weight excluding hydrogens is 304 g/mol. The molecule has 0 saturated heterocycles. The van der Waals surface area contributed by atoms with Gasteiger partial charge in [0.05, 0.1) is 7.11 Å². The van der Waals surface area contributed by atoms with Crippen molar-refractivity contribution in [1.29, 1.82) is 0 Å². The summed E-state index contributed by atoms with van der Waals surface area (Å²) in [5.74, 6) is 0.788. The minimum atomic E-state index is -0.976. The summed E-state index contributed by atoms with van der Waals surface area (Å²) in [5.41, 5.74) is 0.777. The fourth-order valence-corrected chi connectivity index (χ4v) is 2.59. The molecule has 0 aromatic heterocycles. The third-order valence-corrected chi connectivity index (χ3v) is 3.87. The largest absolute Gasteiger partial charge is 0.497 e. The van der Waals surface area contributed by atoms with Gasteiger partial charge < -0.3 is 9.84 Å². The van der Waals surface area contributed by atoms with Crippen LogP contribution in [0.5, 0.6) is 5.75 Å². The van der Waals surface area contributed by atoms with Crippen LogP contribution in [0.25, 0.3) is 0 Å². The molecule has 0 aliphatic carbocycles. The van der Waals surface area contributed by atoms with Crippen LogP contribution in [0.4, 0.5) is 0 Å². The third-order valence-electron chi connectivity index (χ3n) is 3.38. The summed E-state index contributed by atoms with van der Waals surface area (Å²) in [4.78, 5) is 0. The third kappa shape index (κ3) is 2.82. The average Bonchev–Trinajstić information content (AvgIpc) is 2.46. The number of halogens is 1.